The van der Waals surface area contributed by atoms with Gasteiger partial charge in [0.05, 0.1) is 23.6 Å². The predicted molar refractivity (Wildman–Crippen MR) is 135 cm³/mol. The van der Waals surface area contributed by atoms with E-state index in [9.17, 15) is 24.8 Å². The smallest absolute Gasteiger partial charge is 0.295 e. The summed E-state index contributed by atoms with van der Waals surface area (Å²) in [6.45, 7) is 0.225. The Bertz CT molecular complexity index is 1520. The number of nitrogens with zero attached hydrogens (tertiary/aromatic N) is 2. The number of non-ortho nitro benzene ring substituents is 1. The van der Waals surface area contributed by atoms with Gasteiger partial charge < -0.3 is 19.7 Å². The number of aromatic nitrogens is 1. The van der Waals surface area contributed by atoms with Crippen molar-refractivity contribution in [1.82, 2.24) is 9.88 Å². The fraction of sp³-hybridized carbons (Fsp3) is 0.154. The van der Waals surface area contributed by atoms with Crippen molar-refractivity contribution in [3.8, 4) is 5.75 Å². The molecule has 0 spiro atoms. The quantitative estimate of drug-likeness (QED) is 0.123. The van der Waals surface area contributed by atoms with Crippen molar-refractivity contribution in [2.45, 2.75) is 12.5 Å². The average Bonchev–Trinajstić information content (AvgIpc) is 3.61. The van der Waals surface area contributed by atoms with Crippen LogP contribution in [0.4, 0.5) is 5.69 Å². The van der Waals surface area contributed by atoms with Gasteiger partial charge in [0.25, 0.3) is 17.4 Å². The number of aliphatic hydroxyl groups excluding tert-OH is 1. The van der Waals surface area contributed by atoms with Gasteiger partial charge in [0.2, 0.25) is 0 Å². The Kier molecular flexibility index (Phi) is 6.03. The van der Waals surface area contributed by atoms with Gasteiger partial charge in [-0.3, -0.25) is 19.7 Å². The van der Waals surface area contributed by atoms with Gasteiger partial charge in [-0.25, -0.2) is 0 Å². The molecule has 0 aliphatic carbocycles. The van der Waals surface area contributed by atoms with E-state index in [0.29, 0.717) is 17.0 Å². The van der Waals surface area contributed by atoms with Crippen LogP contribution in [-0.4, -0.2) is 45.3 Å². The van der Waals surface area contributed by atoms with Gasteiger partial charge in [-0.1, -0.05) is 18.2 Å². The first-order valence-corrected chi connectivity index (χ1v) is 12.0. The third kappa shape index (κ3) is 4.01. The van der Waals surface area contributed by atoms with Crippen LogP contribution in [-0.2, 0) is 16.0 Å². The number of rotatable bonds is 7. The molecule has 182 valence electrons. The molecular weight excluding hydrogens is 482 g/mol. The van der Waals surface area contributed by atoms with Crippen LogP contribution in [0.3, 0.4) is 0 Å². The number of H-pyrrole nitrogens is 1. The van der Waals surface area contributed by atoms with E-state index in [1.165, 1.54) is 40.5 Å². The first kappa shape index (κ1) is 23.3. The molecule has 1 unspecified atom stereocenters. The minimum atomic E-state index is -0.821. The molecule has 36 heavy (non-hydrogen) atoms. The number of nitro benzene ring substituents is 1. The van der Waals surface area contributed by atoms with Crippen LogP contribution in [0.2, 0.25) is 0 Å². The van der Waals surface area contributed by atoms with Gasteiger partial charge in [0.1, 0.15) is 11.5 Å². The number of hydrogen-bond donors (Lipinski definition) is 2. The first-order chi connectivity index (χ1) is 17.4. The Morgan fingerprint density at radius 2 is 2.03 bits per heavy atom. The van der Waals surface area contributed by atoms with Crippen LogP contribution in [0.1, 0.15) is 22.0 Å². The topological polar surface area (TPSA) is 126 Å². The summed E-state index contributed by atoms with van der Waals surface area (Å²) in [6, 6.07) is 13.9. The summed E-state index contributed by atoms with van der Waals surface area (Å²) < 4.78 is 5.33. The molecule has 0 saturated carbocycles. The number of ether oxygens (including phenoxy) is 1. The highest BCUT2D eigenvalue weighted by Crippen LogP contribution is 2.41. The monoisotopic (exact) mass is 503 g/mol. The van der Waals surface area contributed by atoms with Crippen molar-refractivity contribution in [2.24, 2.45) is 0 Å². The minimum Gasteiger partial charge on any atom is -0.507 e. The number of nitro groups is 1. The maximum atomic E-state index is 13.2. The number of methoxy groups -OCH3 is 1. The van der Waals surface area contributed by atoms with Crippen molar-refractivity contribution >= 4 is 45.4 Å². The van der Waals surface area contributed by atoms with Crippen LogP contribution in [0.25, 0.3) is 16.7 Å². The lowest BCUT2D eigenvalue weighted by molar-refractivity contribution is -0.384. The first-order valence-electron chi connectivity index (χ1n) is 11.1. The minimum absolute atomic E-state index is 0.0801. The number of carbonyl (C=O) groups excluding carboxylic acids is 2. The summed E-state index contributed by atoms with van der Waals surface area (Å²) in [7, 11) is 1.59. The van der Waals surface area contributed by atoms with E-state index in [0.717, 1.165) is 16.5 Å². The highest BCUT2D eigenvalue weighted by Gasteiger charge is 2.46. The second-order valence-electron chi connectivity index (χ2n) is 8.29. The summed E-state index contributed by atoms with van der Waals surface area (Å²) in [5.74, 6) is -1.27. The molecule has 2 aromatic carbocycles. The van der Waals surface area contributed by atoms with E-state index < -0.39 is 28.4 Å². The van der Waals surface area contributed by atoms with Crippen molar-refractivity contribution in [1.29, 1.82) is 0 Å². The Labute approximate surface area is 209 Å². The second-order valence-corrected chi connectivity index (χ2v) is 9.27. The zero-order valence-electron chi connectivity index (χ0n) is 19.1. The SMILES string of the molecule is COc1ccc2[nH]cc(CCN3C(=O)C(=O)/C(=C(\O)c4cccc([N+](=O)[O-])c4)C3c3cccs3)c2c1. The fourth-order valence-corrected chi connectivity index (χ4v) is 5.35. The number of thiophene rings is 1. The maximum absolute atomic E-state index is 13.2. The lowest BCUT2D eigenvalue weighted by atomic mass is 9.99. The second kappa shape index (κ2) is 9.31. The molecule has 3 heterocycles. The van der Waals surface area contributed by atoms with E-state index in [-0.39, 0.29) is 23.4 Å². The normalized spacial score (nSPS) is 17.1. The zero-order chi connectivity index (χ0) is 25.4. The third-order valence-corrected chi connectivity index (χ3v) is 7.20. The number of aromatic amines is 1. The number of fused-ring (bicyclic) bond motifs is 1. The predicted octanol–water partition coefficient (Wildman–Crippen LogP) is 4.81. The summed E-state index contributed by atoms with van der Waals surface area (Å²) >= 11 is 1.36. The standard InChI is InChI=1S/C26H21N3O6S/c1-35-18-7-8-20-19(13-18)16(14-27-20)9-10-28-23(21-6-3-11-36-21)22(25(31)26(28)32)24(30)15-4-2-5-17(12-15)29(33)34/h2-8,11-14,23,27,30H,9-10H2,1H3/b24-22-. The van der Waals surface area contributed by atoms with Gasteiger partial charge in [-0.15, -0.1) is 11.3 Å². The summed E-state index contributed by atoms with van der Waals surface area (Å²) in [5, 5.41) is 25.1. The molecule has 4 aromatic rings. The average molecular weight is 504 g/mol. The molecule has 1 fully saturated rings. The molecule has 1 aliphatic heterocycles. The van der Waals surface area contributed by atoms with Crippen molar-refractivity contribution < 1.29 is 24.4 Å². The molecule has 1 saturated heterocycles. The fourth-order valence-electron chi connectivity index (χ4n) is 4.51. The number of aliphatic hydroxyl groups is 1. The van der Waals surface area contributed by atoms with E-state index in [4.69, 9.17) is 4.74 Å². The number of amides is 1. The van der Waals surface area contributed by atoms with Gasteiger partial charge in [-0.05, 0) is 41.6 Å². The lowest BCUT2D eigenvalue weighted by Gasteiger charge is -2.24. The number of carbonyl (C=O) groups is 2. The largest absolute Gasteiger partial charge is 0.507 e. The Morgan fingerprint density at radius 3 is 2.75 bits per heavy atom. The van der Waals surface area contributed by atoms with Crippen molar-refractivity contribution in [2.75, 3.05) is 13.7 Å². The molecule has 0 bridgehead atoms. The molecule has 5 rings (SSSR count). The molecule has 2 aromatic heterocycles. The number of Topliss-reactive ketones (excluding diaryl/α,β-unsaturated/α-hetero) is 1. The van der Waals surface area contributed by atoms with E-state index in [2.05, 4.69) is 4.98 Å². The molecule has 1 atom stereocenters. The van der Waals surface area contributed by atoms with Crippen molar-refractivity contribution in [3.63, 3.8) is 0 Å². The van der Waals surface area contributed by atoms with Gasteiger partial charge in [-0.2, -0.15) is 0 Å². The highest BCUT2D eigenvalue weighted by molar-refractivity contribution is 7.10. The van der Waals surface area contributed by atoms with Crippen LogP contribution in [0.15, 0.2) is 71.7 Å². The van der Waals surface area contributed by atoms with Crippen LogP contribution < -0.4 is 4.74 Å². The van der Waals surface area contributed by atoms with E-state index in [1.54, 1.807) is 19.2 Å². The summed E-state index contributed by atoms with van der Waals surface area (Å²) in [5.41, 5.74) is 1.68. The van der Waals surface area contributed by atoms with Crippen LogP contribution in [0.5, 0.6) is 5.75 Å². The third-order valence-electron chi connectivity index (χ3n) is 6.28. The Balaban J connectivity index is 1.53. The van der Waals surface area contributed by atoms with Crippen LogP contribution >= 0.6 is 11.3 Å². The van der Waals surface area contributed by atoms with Crippen molar-refractivity contribution in [3.05, 3.63) is 97.9 Å². The summed E-state index contributed by atoms with van der Waals surface area (Å²) in [6.07, 6.45) is 2.32. The molecule has 9 nitrogen and oxygen atoms in total. The molecule has 1 aliphatic rings. The highest BCUT2D eigenvalue weighted by atomic mass is 32.1. The number of nitrogens with one attached hydrogen (secondary N) is 1. The molecule has 0 radical (unpaired) electrons. The van der Waals surface area contributed by atoms with Gasteiger partial charge >= 0.3 is 0 Å². The zero-order valence-corrected chi connectivity index (χ0v) is 20.0. The molecule has 1 amide bonds. The van der Waals surface area contributed by atoms with Crippen LogP contribution in [0, 0.1) is 10.1 Å². The summed E-state index contributed by atoms with van der Waals surface area (Å²) in [4.78, 5) is 42.3. The number of ketones is 1. The maximum Gasteiger partial charge on any atom is 0.295 e. The van der Waals surface area contributed by atoms with Gasteiger partial charge in [0.15, 0.2) is 0 Å². The van der Waals surface area contributed by atoms with E-state index >= 15 is 0 Å². The number of likely N-dealkylation sites (tertiary alicyclic amines) is 1. The number of benzene rings is 2. The molecular formula is C26H21N3O6S. The lowest BCUT2D eigenvalue weighted by Crippen LogP contribution is -2.31. The van der Waals surface area contributed by atoms with Gasteiger partial charge in [0, 0.05) is 46.2 Å². The van der Waals surface area contributed by atoms with E-state index in [1.807, 2.05) is 29.8 Å². The number of hydrogen-bond acceptors (Lipinski definition) is 7. The molecule has 2 N–H and O–H groups in total. The Hall–Kier alpha value is -4.44. The Morgan fingerprint density at radius 1 is 1.19 bits per heavy atom. The molecule has 10 heteroatoms.